The molecule has 0 saturated carbocycles. The topological polar surface area (TPSA) is 187 Å². The van der Waals surface area contributed by atoms with Crippen LogP contribution in [0, 0.1) is 19.3 Å². The monoisotopic (exact) mass is 465 g/mol. The number of ether oxygens (including phenoxy) is 1. The summed E-state index contributed by atoms with van der Waals surface area (Å²) in [5.41, 5.74) is 6.57. The van der Waals surface area contributed by atoms with Crippen molar-refractivity contribution in [3.05, 3.63) is 28.8 Å². The molecule has 184 valence electrons. The third-order valence-electron chi connectivity index (χ3n) is 4.70. The number of phenolic OH excluding ortho intramolecular Hbond substituents is 1. The van der Waals surface area contributed by atoms with Crippen molar-refractivity contribution in [3.8, 4) is 5.75 Å². The van der Waals surface area contributed by atoms with Crippen molar-refractivity contribution in [1.82, 2.24) is 16.0 Å². The number of nitrogens with one attached hydrogen (secondary N) is 4. The molecule has 0 heterocycles. The van der Waals surface area contributed by atoms with Gasteiger partial charge in [-0.15, -0.1) is 0 Å². The van der Waals surface area contributed by atoms with Gasteiger partial charge in [-0.1, -0.05) is 0 Å². The fourth-order valence-corrected chi connectivity index (χ4v) is 3.22. The van der Waals surface area contributed by atoms with Crippen LogP contribution in [0.4, 0.5) is 4.79 Å². The number of aromatic hydroxyl groups is 1. The molecule has 0 bridgehead atoms. The summed E-state index contributed by atoms with van der Waals surface area (Å²) in [5, 5.41) is 34.2. The molecule has 2 atom stereocenters. The fourth-order valence-electron chi connectivity index (χ4n) is 3.22. The molecule has 0 unspecified atom stereocenters. The highest BCUT2D eigenvalue weighted by atomic mass is 16.6. The number of alkyl carbamates (subject to hydrolysis) is 1. The number of guanidine groups is 1. The number of hydrogen-bond acceptors (Lipinski definition) is 6. The van der Waals surface area contributed by atoms with Crippen LogP contribution in [0.25, 0.3) is 0 Å². The first-order chi connectivity index (χ1) is 15.2. The number of rotatable bonds is 10. The Morgan fingerprint density at radius 3 is 2.18 bits per heavy atom. The molecule has 2 amide bonds. The Labute approximate surface area is 193 Å². The number of phenols is 1. The summed E-state index contributed by atoms with van der Waals surface area (Å²) < 4.78 is 5.21. The Kier molecular flexibility index (Phi) is 9.96. The molecule has 0 spiro atoms. The van der Waals surface area contributed by atoms with Crippen LogP contribution in [-0.2, 0) is 20.7 Å². The lowest BCUT2D eigenvalue weighted by atomic mass is 9.95. The Hall–Kier alpha value is -3.50. The van der Waals surface area contributed by atoms with E-state index in [0.717, 1.165) is 0 Å². The first-order valence-electron chi connectivity index (χ1n) is 10.6. The maximum Gasteiger partial charge on any atom is 0.408 e. The predicted octanol–water partition coefficient (Wildman–Crippen LogP) is 1.28. The number of carboxylic acids is 1. The molecular weight excluding hydrogens is 430 g/mol. The second kappa shape index (κ2) is 11.9. The zero-order chi connectivity index (χ0) is 25.3. The van der Waals surface area contributed by atoms with Gasteiger partial charge in [-0.25, -0.2) is 9.59 Å². The Morgan fingerprint density at radius 1 is 1.12 bits per heavy atom. The molecule has 0 saturated heterocycles. The van der Waals surface area contributed by atoms with Gasteiger partial charge in [0.15, 0.2) is 5.96 Å². The number of amides is 2. The minimum absolute atomic E-state index is 0.00404. The van der Waals surface area contributed by atoms with Gasteiger partial charge in [0, 0.05) is 13.0 Å². The van der Waals surface area contributed by atoms with Gasteiger partial charge < -0.3 is 36.6 Å². The van der Waals surface area contributed by atoms with Crippen molar-refractivity contribution in [2.75, 3.05) is 6.54 Å². The highest BCUT2D eigenvalue weighted by Gasteiger charge is 2.29. The summed E-state index contributed by atoms with van der Waals surface area (Å²) >= 11 is 0. The number of benzene rings is 1. The molecule has 0 aliphatic rings. The average molecular weight is 466 g/mol. The summed E-state index contributed by atoms with van der Waals surface area (Å²) in [7, 11) is 0. The number of carboxylic acid groups (broad SMARTS) is 1. The maximum absolute atomic E-state index is 12.9. The Bertz CT molecular complexity index is 858. The van der Waals surface area contributed by atoms with Gasteiger partial charge in [0.25, 0.3) is 0 Å². The number of carbonyl (C=O) groups excluding carboxylic acids is 2. The minimum atomic E-state index is -1.25. The number of aliphatic carboxylic acids is 1. The SMILES string of the molecule is Cc1cc(O)cc(C)c1C[C@H](NC(=O)[C@@H](CCCNC(=N)N)NC(=O)OC(C)(C)C)C(=O)O. The van der Waals surface area contributed by atoms with E-state index in [1.165, 1.54) is 12.1 Å². The highest BCUT2D eigenvalue weighted by Crippen LogP contribution is 2.22. The van der Waals surface area contributed by atoms with Crippen LogP contribution in [0.5, 0.6) is 5.75 Å². The smallest absolute Gasteiger partial charge is 0.408 e. The van der Waals surface area contributed by atoms with Crippen LogP contribution in [-0.4, -0.2) is 58.4 Å². The fraction of sp³-hybridized carbons (Fsp3) is 0.545. The molecule has 1 rings (SSSR count). The van der Waals surface area contributed by atoms with Crippen LogP contribution in [0.2, 0.25) is 0 Å². The van der Waals surface area contributed by atoms with E-state index in [2.05, 4.69) is 16.0 Å². The van der Waals surface area contributed by atoms with Gasteiger partial charge >= 0.3 is 12.1 Å². The van der Waals surface area contributed by atoms with Gasteiger partial charge in [-0.2, -0.15) is 0 Å². The van der Waals surface area contributed by atoms with E-state index in [0.29, 0.717) is 29.7 Å². The first kappa shape index (κ1) is 27.5. The Balaban J connectivity index is 2.98. The lowest BCUT2D eigenvalue weighted by Gasteiger charge is -2.25. The highest BCUT2D eigenvalue weighted by molar-refractivity contribution is 5.89. The van der Waals surface area contributed by atoms with Crippen LogP contribution in [0.1, 0.15) is 50.3 Å². The summed E-state index contributed by atoms with van der Waals surface area (Å²) in [6, 6.07) is 0.741. The summed E-state index contributed by atoms with van der Waals surface area (Å²) in [6.07, 6.45) is -0.264. The summed E-state index contributed by atoms with van der Waals surface area (Å²) in [4.78, 5) is 37.0. The van der Waals surface area contributed by atoms with Crippen molar-refractivity contribution in [3.63, 3.8) is 0 Å². The predicted molar refractivity (Wildman–Crippen MR) is 123 cm³/mol. The zero-order valence-corrected chi connectivity index (χ0v) is 19.7. The van der Waals surface area contributed by atoms with Gasteiger partial charge in [-0.05, 0) is 76.3 Å². The molecule has 33 heavy (non-hydrogen) atoms. The van der Waals surface area contributed by atoms with Crippen LogP contribution in [0.15, 0.2) is 12.1 Å². The van der Waals surface area contributed by atoms with Crippen molar-refractivity contribution < 1.29 is 29.3 Å². The maximum atomic E-state index is 12.9. The van der Waals surface area contributed by atoms with Crippen molar-refractivity contribution in [1.29, 1.82) is 5.41 Å². The Morgan fingerprint density at radius 2 is 1.70 bits per heavy atom. The first-order valence-corrected chi connectivity index (χ1v) is 10.6. The molecule has 8 N–H and O–H groups in total. The number of hydrogen-bond donors (Lipinski definition) is 7. The summed E-state index contributed by atoms with van der Waals surface area (Å²) in [5.74, 6) is -2.05. The van der Waals surface area contributed by atoms with Crippen molar-refractivity contribution >= 4 is 23.9 Å². The van der Waals surface area contributed by atoms with Gasteiger partial charge in [0.1, 0.15) is 23.4 Å². The van der Waals surface area contributed by atoms with Crippen LogP contribution in [0.3, 0.4) is 0 Å². The lowest BCUT2D eigenvalue weighted by Crippen LogP contribution is -2.53. The van der Waals surface area contributed by atoms with E-state index in [9.17, 15) is 24.6 Å². The van der Waals surface area contributed by atoms with E-state index >= 15 is 0 Å². The third-order valence-corrected chi connectivity index (χ3v) is 4.70. The number of carbonyl (C=O) groups is 3. The average Bonchev–Trinajstić information content (AvgIpc) is 2.63. The molecule has 0 fully saturated rings. The number of aryl methyl sites for hydroxylation is 2. The van der Waals surface area contributed by atoms with E-state index < -0.39 is 35.7 Å². The standard InChI is InChI=1S/C22H35N5O6/c1-12-9-14(28)10-13(2)15(12)11-17(19(30)31)26-18(29)16(7-6-8-25-20(23)24)27-21(32)33-22(3,4)5/h9-10,16-17,28H,6-8,11H2,1-5H3,(H,26,29)(H,27,32)(H,30,31)(H4,23,24,25)/t16-,17+/m1/s1. The minimum Gasteiger partial charge on any atom is -0.508 e. The largest absolute Gasteiger partial charge is 0.508 e. The third kappa shape index (κ3) is 10.1. The molecule has 0 aliphatic heterocycles. The van der Waals surface area contributed by atoms with Crippen LogP contribution >= 0.6 is 0 Å². The molecule has 11 nitrogen and oxygen atoms in total. The summed E-state index contributed by atoms with van der Waals surface area (Å²) in [6.45, 7) is 8.84. The second-order valence-electron chi connectivity index (χ2n) is 8.84. The zero-order valence-electron chi connectivity index (χ0n) is 19.7. The van der Waals surface area contributed by atoms with Crippen molar-refractivity contribution in [2.45, 2.75) is 71.6 Å². The molecule has 1 aromatic rings. The van der Waals surface area contributed by atoms with E-state index in [-0.39, 0.29) is 24.6 Å². The van der Waals surface area contributed by atoms with E-state index in [1.54, 1.807) is 34.6 Å². The molecule has 0 aliphatic carbocycles. The molecule has 0 aromatic heterocycles. The number of nitrogens with two attached hydrogens (primary N) is 1. The van der Waals surface area contributed by atoms with E-state index in [1.807, 2.05) is 0 Å². The van der Waals surface area contributed by atoms with Gasteiger partial charge in [0.05, 0.1) is 0 Å². The normalized spacial score (nSPS) is 12.9. The second-order valence-corrected chi connectivity index (χ2v) is 8.84. The van der Waals surface area contributed by atoms with Crippen molar-refractivity contribution in [2.24, 2.45) is 5.73 Å². The van der Waals surface area contributed by atoms with Gasteiger partial charge in [0.2, 0.25) is 5.91 Å². The molecular formula is C22H35N5O6. The van der Waals surface area contributed by atoms with E-state index in [4.69, 9.17) is 15.9 Å². The lowest BCUT2D eigenvalue weighted by molar-refractivity contribution is -0.142. The molecule has 11 heteroatoms. The molecule has 0 radical (unpaired) electrons. The molecule has 1 aromatic carbocycles. The van der Waals surface area contributed by atoms with Gasteiger partial charge in [-0.3, -0.25) is 10.2 Å². The quantitative estimate of drug-likeness (QED) is 0.153. The van der Waals surface area contributed by atoms with Crippen LogP contribution < -0.4 is 21.7 Å².